The molecule has 0 saturated carbocycles. The van der Waals surface area contributed by atoms with Gasteiger partial charge in [-0.1, -0.05) is 6.07 Å². The van der Waals surface area contributed by atoms with Gasteiger partial charge >= 0.3 is 6.03 Å². The monoisotopic (exact) mass is 424 g/mol. The maximum absolute atomic E-state index is 12.4. The summed E-state index contributed by atoms with van der Waals surface area (Å²) in [6, 6.07) is 14.3. The van der Waals surface area contributed by atoms with Gasteiger partial charge in [-0.05, 0) is 49.4 Å². The Morgan fingerprint density at radius 1 is 0.903 bits per heavy atom. The maximum Gasteiger partial charge on any atom is 0.317 e. The number of nitrogens with one attached hydrogen (secondary N) is 2. The van der Waals surface area contributed by atoms with E-state index >= 15 is 0 Å². The van der Waals surface area contributed by atoms with Gasteiger partial charge in [-0.15, -0.1) is 0 Å². The first-order valence-electron chi connectivity index (χ1n) is 10.3. The number of benzene rings is 2. The highest BCUT2D eigenvalue weighted by Crippen LogP contribution is 2.17. The highest BCUT2D eigenvalue weighted by Gasteiger charge is 2.21. The summed E-state index contributed by atoms with van der Waals surface area (Å²) in [7, 11) is 1.55. The number of methoxy groups -OCH3 is 1. The second kappa shape index (κ2) is 10.5. The van der Waals surface area contributed by atoms with Crippen LogP contribution in [-0.4, -0.2) is 69.0 Å². The second-order valence-electron chi connectivity index (χ2n) is 7.30. The van der Waals surface area contributed by atoms with E-state index in [4.69, 9.17) is 4.74 Å². The third kappa shape index (κ3) is 5.97. The molecule has 0 bridgehead atoms. The average Bonchev–Trinajstić information content (AvgIpc) is 2.81. The molecule has 0 unspecified atom stereocenters. The highest BCUT2D eigenvalue weighted by molar-refractivity contribution is 5.95. The lowest BCUT2D eigenvalue weighted by Crippen LogP contribution is -2.52. The maximum atomic E-state index is 12.4. The van der Waals surface area contributed by atoms with Crippen LogP contribution in [-0.2, 0) is 0 Å². The number of hydrogen-bond donors (Lipinski definition) is 2. The van der Waals surface area contributed by atoms with Gasteiger partial charge in [0, 0.05) is 56.1 Å². The van der Waals surface area contributed by atoms with Gasteiger partial charge in [0.25, 0.3) is 5.91 Å². The van der Waals surface area contributed by atoms with E-state index < -0.39 is 0 Å². The molecule has 3 amide bonds. The van der Waals surface area contributed by atoms with Crippen molar-refractivity contribution in [2.75, 3.05) is 51.3 Å². The van der Waals surface area contributed by atoms with Crippen molar-refractivity contribution < 1.29 is 19.1 Å². The minimum absolute atomic E-state index is 0.0488. The van der Waals surface area contributed by atoms with Crippen molar-refractivity contribution in [3.8, 4) is 5.75 Å². The van der Waals surface area contributed by atoms with Crippen molar-refractivity contribution >= 4 is 23.4 Å². The van der Waals surface area contributed by atoms with Gasteiger partial charge < -0.3 is 25.2 Å². The van der Waals surface area contributed by atoms with Crippen LogP contribution >= 0.6 is 0 Å². The van der Waals surface area contributed by atoms with E-state index in [0.717, 1.165) is 18.8 Å². The minimum Gasteiger partial charge on any atom is -0.497 e. The lowest BCUT2D eigenvalue weighted by Gasteiger charge is -2.36. The normalized spacial score (nSPS) is 13.5. The molecule has 2 aromatic rings. The summed E-state index contributed by atoms with van der Waals surface area (Å²) in [4.78, 5) is 39.9. The number of carbonyl (C=O) groups excluding carboxylic acids is 3. The molecular formula is C23H28N4O4. The molecule has 164 valence electrons. The first kappa shape index (κ1) is 22.1. The van der Waals surface area contributed by atoms with E-state index in [1.165, 1.54) is 0 Å². The molecule has 1 heterocycles. The Labute approximate surface area is 182 Å². The van der Waals surface area contributed by atoms with Gasteiger partial charge in [-0.2, -0.15) is 0 Å². The molecule has 0 spiro atoms. The number of ether oxygens (including phenoxy) is 1. The number of rotatable bonds is 7. The first-order valence-corrected chi connectivity index (χ1v) is 10.3. The molecule has 8 nitrogen and oxygen atoms in total. The topological polar surface area (TPSA) is 91.0 Å². The Morgan fingerprint density at radius 2 is 1.58 bits per heavy atom. The van der Waals surface area contributed by atoms with Crippen molar-refractivity contribution in [2.45, 2.75) is 6.92 Å². The Hall–Kier alpha value is -3.55. The number of ketones is 1. The molecule has 1 aliphatic heterocycles. The van der Waals surface area contributed by atoms with Crippen LogP contribution in [0.4, 0.5) is 10.5 Å². The van der Waals surface area contributed by atoms with Crippen molar-refractivity contribution in [3.05, 3.63) is 59.7 Å². The Balaban J connectivity index is 1.38. The standard InChI is InChI=1S/C23H28N4O4/c1-17(28)18-6-8-20(9-7-18)26-12-14-27(15-13-26)23(30)25-11-10-24-22(29)19-4-3-5-21(16-19)31-2/h3-9,16H,10-15H2,1-2H3,(H,24,29)(H,25,30). The molecular weight excluding hydrogens is 396 g/mol. The van der Waals surface area contributed by atoms with Gasteiger partial charge in [-0.3, -0.25) is 9.59 Å². The predicted molar refractivity (Wildman–Crippen MR) is 119 cm³/mol. The molecule has 0 atom stereocenters. The molecule has 0 aliphatic carbocycles. The number of anilines is 1. The molecule has 8 heteroatoms. The molecule has 1 aliphatic rings. The quantitative estimate of drug-likeness (QED) is 0.525. The summed E-state index contributed by atoms with van der Waals surface area (Å²) in [5.41, 5.74) is 2.25. The number of nitrogens with zero attached hydrogens (tertiary/aromatic N) is 2. The van der Waals surface area contributed by atoms with Crippen LogP contribution in [0.5, 0.6) is 5.75 Å². The SMILES string of the molecule is COc1cccc(C(=O)NCCNC(=O)N2CCN(c3ccc(C(C)=O)cc3)CC2)c1. The molecule has 0 radical (unpaired) electrons. The van der Waals surface area contributed by atoms with Crippen LogP contribution in [0.3, 0.4) is 0 Å². The van der Waals surface area contributed by atoms with Gasteiger partial charge in [0.15, 0.2) is 5.78 Å². The van der Waals surface area contributed by atoms with Gasteiger partial charge in [0.2, 0.25) is 0 Å². The fourth-order valence-corrected chi connectivity index (χ4v) is 3.40. The van der Waals surface area contributed by atoms with E-state index in [1.807, 2.05) is 24.3 Å². The summed E-state index contributed by atoms with van der Waals surface area (Å²) >= 11 is 0. The summed E-state index contributed by atoms with van der Waals surface area (Å²) in [6.07, 6.45) is 0. The molecule has 2 N–H and O–H groups in total. The number of piperazine rings is 1. The zero-order valence-electron chi connectivity index (χ0n) is 17.9. The number of hydrogen-bond acceptors (Lipinski definition) is 5. The van der Waals surface area contributed by atoms with E-state index in [2.05, 4.69) is 15.5 Å². The third-order valence-electron chi connectivity index (χ3n) is 5.22. The number of Topliss-reactive ketones (excluding diaryl/α,β-unsaturated/α-hetero) is 1. The Morgan fingerprint density at radius 3 is 2.23 bits per heavy atom. The van der Waals surface area contributed by atoms with Crippen molar-refractivity contribution in [2.24, 2.45) is 0 Å². The van der Waals surface area contributed by atoms with Crippen LogP contribution in [0.15, 0.2) is 48.5 Å². The number of carbonyl (C=O) groups is 3. The zero-order chi connectivity index (χ0) is 22.2. The summed E-state index contributed by atoms with van der Waals surface area (Å²) < 4.78 is 5.12. The van der Waals surface area contributed by atoms with E-state index in [0.29, 0.717) is 43.1 Å². The fraction of sp³-hybridized carbons (Fsp3) is 0.348. The first-order chi connectivity index (χ1) is 15.0. The molecule has 2 aromatic carbocycles. The number of urea groups is 1. The molecule has 0 aromatic heterocycles. The van der Waals surface area contributed by atoms with E-state index in [9.17, 15) is 14.4 Å². The highest BCUT2D eigenvalue weighted by atomic mass is 16.5. The van der Waals surface area contributed by atoms with Gasteiger partial charge in [0.1, 0.15) is 5.75 Å². The molecule has 1 fully saturated rings. The van der Waals surface area contributed by atoms with Crippen LogP contribution in [0.1, 0.15) is 27.6 Å². The average molecular weight is 425 g/mol. The van der Waals surface area contributed by atoms with Crippen LogP contribution in [0.2, 0.25) is 0 Å². The third-order valence-corrected chi connectivity index (χ3v) is 5.22. The smallest absolute Gasteiger partial charge is 0.317 e. The van der Waals surface area contributed by atoms with Crippen LogP contribution in [0, 0.1) is 0 Å². The fourth-order valence-electron chi connectivity index (χ4n) is 3.40. The zero-order valence-corrected chi connectivity index (χ0v) is 17.9. The second-order valence-corrected chi connectivity index (χ2v) is 7.30. The predicted octanol–water partition coefficient (Wildman–Crippen LogP) is 2.16. The summed E-state index contributed by atoms with van der Waals surface area (Å²) in [6.45, 7) is 4.90. The summed E-state index contributed by atoms with van der Waals surface area (Å²) in [5.74, 6) is 0.458. The summed E-state index contributed by atoms with van der Waals surface area (Å²) in [5, 5.41) is 5.64. The van der Waals surface area contributed by atoms with Gasteiger partial charge in [0.05, 0.1) is 7.11 Å². The lowest BCUT2D eigenvalue weighted by molar-refractivity contribution is 0.0952. The van der Waals surface area contributed by atoms with Gasteiger partial charge in [-0.25, -0.2) is 4.79 Å². The Kier molecular flexibility index (Phi) is 7.48. The van der Waals surface area contributed by atoms with Crippen molar-refractivity contribution in [1.82, 2.24) is 15.5 Å². The largest absolute Gasteiger partial charge is 0.497 e. The van der Waals surface area contributed by atoms with Crippen LogP contribution < -0.4 is 20.3 Å². The van der Waals surface area contributed by atoms with Crippen LogP contribution in [0.25, 0.3) is 0 Å². The number of amides is 3. The van der Waals surface area contributed by atoms with Crippen molar-refractivity contribution in [3.63, 3.8) is 0 Å². The van der Waals surface area contributed by atoms with E-state index in [1.54, 1.807) is 43.2 Å². The van der Waals surface area contributed by atoms with Crippen molar-refractivity contribution in [1.29, 1.82) is 0 Å². The molecule has 1 saturated heterocycles. The van der Waals surface area contributed by atoms with E-state index in [-0.39, 0.29) is 17.7 Å². The molecule has 3 rings (SSSR count). The molecule has 31 heavy (non-hydrogen) atoms. The Bertz CT molecular complexity index is 921. The minimum atomic E-state index is -0.211. The lowest BCUT2D eigenvalue weighted by atomic mass is 10.1.